The molecule has 1 aliphatic rings. The van der Waals surface area contributed by atoms with Gasteiger partial charge in [-0.1, -0.05) is 6.92 Å². The molecule has 0 amide bonds. The number of nitrogens with zero attached hydrogens (tertiary/aromatic N) is 2. The quantitative estimate of drug-likeness (QED) is 0.725. The highest BCUT2D eigenvalue weighted by molar-refractivity contribution is 5.69. The molecule has 2 N–H and O–H groups in total. The molecule has 5 heteroatoms. The highest BCUT2D eigenvalue weighted by Gasteiger charge is 2.29. The van der Waals surface area contributed by atoms with E-state index < -0.39 is 5.97 Å². The normalized spacial score (nSPS) is 22.8. The first-order valence-corrected chi connectivity index (χ1v) is 4.80. The Balaban J connectivity index is 2.11. The second kappa shape index (κ2) is 3.40. The molecule has 2 unspecified atom stereocenters. The van der Waals surface area contributed by atoms with Crippen molar-refractivity contribution >= 4 is 5.97 Å². The van der Waals surface area contributed by atoms with Crippen LogP contribution in [0.2, 0.25) is 0 Å². The van der Waals surface area contributed by atoms with E-state index in [9.17, 15) is 4.79 Å². The molecule has 0 bridgehead atoms. The molecule has 1 aliphatic carbocycles. The van der Waals surface area contributed by atoms with Crippen LogP contribution in [0.4, 0.5) is 0 Å². The van der Waals surface area contributed by atoms with E-state index in [1.54, 1.807) is 6.92 Å². The molecule has 2 atom stereocenters. The van der Waals surface area contributed by atoms with Crippen molar-refractivity contribution in [2.75, 3.05) is 0 Å². The summed E-state index contributed by atoms with van der Waals surface area (Å²) in [6.45, 7) is 1.76. The third kappa shape index (κ3) is 1.49. The average Bonchev–Trinajstić information content (AvgIpc) is 2.62. The maximum Gasteiger partial charge on any atom is 0.306 e. The maximum atomic E-state index is 10.8. The van der Waals surface area contributed by atoms with Crippen LogP contribution in [0.25, 0.3) is 0 Å². The molecule has 0 aliphatic heterocycles. The van der Waals surface area contributed by atoms with Gasteiger partial charge in [0.25, 0.3) is 0 Å². The fourth-order valence-corrected chi connectivity index (χ4v) is 1.94. The molecule has 0 saturated heterocycles. The number of H-pyrrole nitrogens is 1. The molecular formula is C9H13N3O2. The number of aliphatic carboxylic acids is 1. The van der Waals surface area contributed by atoms with Gasteiger partial charge >= 0.3 is 5.97 Å². The van der Waals surface area contributed by atoms with Gasteiger partial charge < -0.3 is 5.11 Å². The van der Waals surface area contributed by atoms with Crippen LogP contribution >= 0.6 is 0 Å². The minimum Gasteiger partial charge on any atom is -0.481 e. The smallest absolute Gasteiger partial charge is 0.306 e. The Kier molecular flexibility index (Phi) is 2.23. The van der Waals surface area contributed by atoms with E-state index in [2.05, 4.69) is 15.4 Å². The molecule has 0 spiro atoms. The lowest BCUT2D eigenvalue weighted by Gasteiger charge is -2.23. The van der Waals surface area contributed by atoms with E-state index in [4.69, 9.17) is 5.11 Å². The zero-order chi connectivity index (χ0) is 10.1. The molecule has 0 fully saturated rings. The second-order valence-electron chi connectivity index (χ2n) is 3.85. The maximum absolute atomic E-state index is 10.8. The lowest BCUT2D eigenvalue weighted by molar-refractivity contribution is -0.143. The number of carboxylic acid groups (broad SMARTS) is 1. The lowest BCUT2D eigenvalue weighted by atomic mass is 9.81. The van der Waals surface area contributed by atoms with Gasteiger partial charge in [-0.2, -0.15) is 15.4 Å². The van der Waals surface area contributed by atoms with Crippen molar-refractivity contribution in [2.24, 2.45) is 11.8 Å². The molecule has 5 nitrogen and oxygen atoms in total. The van der Waals surface area contributed by atoms with Crippen molar-refractivity contribution in [1.82, 2.24) is 15.4 Å². The number of aryl methyl sites for hydroxylation is 1. The fourth-order valence-electron chi connectivity index (χ4n) is 1.94. The van der Waals surface area contributed by atoms with E-state index in [-0.39, 0.29) is 11.8 Å². The minimum atomic E-state index is -0.720. The number of aromatic nitrogens is 3. The highest BCUT2D eigenvalue weighted by atomic mass is 16.4. The van der Waals surface area contributed by atoms with Crippen molar-refractivity contribution in [3.63, 3.8) is 0 Å². The summed E-state index contributed by atoms with van der Waals surface area (Å²) >= 11 is 0. The predicted octanol–water partition coefficient (Wildman–Crippen LogP) is 0.630. The molecule has 1 heterocycles. The van der Waals surface area contributed by atoms with Crippen LogP contribution in [0.1, 0.15) is 24.7 Å². The van der Waals surface area contributed by atoms with Crippen molar-refractivity contribution in [2.45, 2.75) is 26.2 Å². The zero-order valence-electron chi connectivity index (χ0n) is 8.03. The summed E-state index contributed by atoms with van der Waals surface area (Å²) in [5.74, 6) is -0.813. The number of hydrogen-bond donors (Lipinski definition) is 2. The minimum absolute atomic E-state index is 0.199. The van der Waals surface area contributed by atoms with Gasteiger partial charge in [0.05, 0.1) is 17.3 Å². The molecule has 1 aromatic rings. The van der Waals surface area contributed by atoms with Crippen LogP contribution in [-0.2, 0) is 17.6 Å². The Bertz CT molecular complexity index is 348. The second-order valence-corrected chi connectivity index (χ2v) is 3.85. The van der Waals surface area contributed by atoms with Gasteiger partial charge in [0, 0.05) is 0 Å². The molecule has 0 saturated carbocycles. The van der Waals surface area contributed by atoms with Crippen molar-refractivity contribution in [3.8, 4) is 0 Å². The van der Waals surface area contributed by atoms with Crippen LogP contribution in [0, 0.1) is 11.8 Å². The first-order chi connectivity index (χ1) is 6.68. The Labute approximate surface area is 81.5 Å². The van der Waals surface area contributed by atoms with Gasteiger partial charge in [-0.25, -0.2) is 0 Å². The zero-order valence-corrected chi connectivity index (χ0v) is 8.03. The molecule has 76 valence electrons. The predicted molar refractivity (Wildman–Crippen MR) is 48.7 cm³/mol. The van der Waals surface area contributed by atoms with Crippen LogP contribution in [0.3, 0.4) is 0 Å². The topological polar surface area (TPSA) is 78.9 Å². The summed E-state index contributed by atoms with van der Waals surface area (Å²) in [6, 6.07) is 0. The van der Waals surface area contributed by atoms with E-state index >= 15 is 0 Å². The van der Waals surface area contributed by atoms with E-state index in [0.29, 0.717) is 0 Å². The molecule has 0 radical (unpaired) electrons. The number of carbonyl (C=O) groups is 1. The Morgan fingerprint density at radius 2 is 2.29 bits per heavy atom. The molecule has 2 rings (SSSR count). The first kappa shape index (κ1) is 9.18. The van der Waals surface area contributed by atoms with Crippen molar-refractivity contribution in [1.29, 1.82) is 0 Å². The van der Waals surface area contributed by atoms with E-state index in [1.165, 1.54) is 0 Å². The van der Waals surface area contributed by atoms with Crippen molar-refractivity contribution in [3.05, 3.63) is 11.4 Å². The number of aromatic amines is 1. The molecule has 1 aromatic heterocycles. The lowest BCUT2D eigenvalue weighted by Crippen LogP contribution is -2.26. The molecular weight excluding hydrogens is 182 g/mol. The molecule has 0 aromatic carbocycles. The third-order valence-electron chi connectivity index (χ3n) is 3.01. The SMILES string of the molecule is CC(C(=O)O)C1CCc2n[nH]nc2C1. The number of nitrogens with one attached hydrogen (secondary N) is 1. The van der Waals surface area contributed by atoms with Gasteiger partial charge in [-0.05, 0) is 25.2 Å². The first-order valence-electron chi connectivity index (χ1n) is 4.80. The Morgan fingerprint density at radius 3 is 3.00 bits per heavy atom. The van der Waals surface area contributed by atoms with Gasteiger partial charge in [0.2, 0.25) is 0 Å². The Hall–Kier alpha value is -1.39. The van der Waals surface area contributed by atoms with Gasteiger partial charge in [-0.3, -0.25) is 4.79 Å². The number of fused-ring (bicyclic) bond motifs is 1. The summed E-state index contributed by atoms with van der Waals surface area (Å²) in [7, 11) is 0. The van der Waals surface area contributed by atoms with E-state index in [0.717, 1.165) is 30.7 Å². The number of hydrogen-bond acceptors (Lipinski definition) is 3. The van der Waals surface area contributed by atoms with Gasteiger partial charge in [0.15, 0.2) is 0 Å². The monoisotopic (exact) mass is 195 g/mol. The molecule has 14 heavy (non-hydrogen) atoms. The van der Waals surface area contributed by atoms with Crippen molar-refractivity contribution < 1.29 is 9.90 Å². The third-order valence-corrected chi connectivity index (χ3v) is 3.01. The highest BCUT2D eigenvalue weighted by Crippen LogP contribution is 2.27. The van der Waals surface area contributed by atoms with Crippen LogP contribution in [0.5, 0.6) is 0 Å². The summed E-state index contributed by atoms with van der Waals surface area (Å²) in [5.41, 5.74) is 1.94. The largest absolute Gasteiger partial charge is 0.481 e. The summed E-state index contributed by atoms with van der Waals surface area (Å²) in [4.78, 5) is 10.8. The average molecular weight is 195 g/mol. The number of rotatable bonds is 2. The summed E-state index contributed by atoms with van der Waals surface area (Å²) in [5, 5.41) is 19.5. The summed E-state index contributed by atoms with van der Waals surface area (Å²) in [6.07, 6.45) is 2.47. The fraction of sp³-hybridized carbons (Fsp3) is 0.667. The van der Waals surface area contributed by atoms with E-state index in [1.807, 2.05) is 0 Å². The van der Waals surface area contributed by atoms with Crippen LogP contribution < -0.4 is 0 Å². The summed E-state index contributed by atoms with van der Waals surface area (Å²) < 4.78 is 0. The van der Waals surface area contributed by atoms with Crippen LogP contribution in [0.15, 0.2) is 0 Å². The van der Waals surface area contributed by atoms with Gasteiger partial charge in [-0.15, -0.1) is 0 Å². The number of carboxylic acids is 1. The Morgan fingerprint density at radius 1 is 1.57 bits per heavy atom. The standard InChI is InChI=1S/C9H13N3O2/c1-5(9(13)14)6-2-3-7-8(4-6)11-12-10-7/h5-6H,2-4H2,1H3,(H,13,14)(H,10,11,12). The van der Waals surface area contributed by atoms with Gasteiger partial charge in [0.1, 0.15) is 0 Å². The van der Waals surface area contributed by atoms with Crippen LogP contribution in [-0.4, -0.2) is 26.5 Å².